The molecule has 0 spiro atoms. The van der Waals surface area contributed by atoms with E-state index in [1.165, 1.54) is 173 Å². The van der Waals surface area contributed by atoms with Gasteiger partial charge < -0.3 is 9.05 Å². The van der Waals surface area contributed by atoms with Gasteiger partial charge in [-0.2, -0.15) is 0 Å². The Morgan fingerprint density at radius 3 is 0.861 bits per heavy atom. The Balaban J connectivity index is 3.04. The van der Waals surface area contributed by atoms with Gasteiger partial charge in [0.25, 0.3) is 0 Å². The van der Waals surface area contributed by atoms with E-state index in [0.717, 1.165) is 6.42 Å². The normalized spacial score (nSPS) is 12.4. The first kappa shape index (κ1) is 36.1. The van der Waals surface area contributed by atoms with Crippen LogP contribution in [0, 0.1) is 0 Å². The molecule has 0 rings (SSSR count). The molecule has 0 radical (unpaired) electrons. The lowest BCUT2D eigenvalue weighted by molar-refractivity contribution is 0.229. The van der Waals surface area contributed by atoms with Crippen LogP contribution in [0.4, 0.5) is 0 Å². The summed E-state index contributed by atoms with van der Waals surface area (Å²) in [6.45, 7) is 5.19. The molecule has 1 unspecified atom stereocenters. The zero-order chi connectivity index (χ0) is 26.2. The zero-order valence-electron chi connectivity index (χ0n) is 24.9. The van der Waals surface area contributed by atoms with Crippen LogP contribution in [-0.2, 0) is 13.6 Å². The molecular formula is C32H67O3P. The van der Waals surface area contributed by atoms with Gasteiger partial charge in [-0.05, 0) is 13.3 Å². The Labute approximate surface area is 228 Å². The molecule has 1 atom stereocenters. The minimum absolute atomic E-state index is 0.470. The van der Waals surface area contributed by atoms with Crippen molar-refractivity contribution in [3.8, 4) is 0 Å². The minimum atomic E-state index is -2.22. The molecule has 3 nitrogen and oxygen atoms in total. The molecule has 0 heterocycles. The second-order valence-corrected chi connectivity index (χ2v) is 12.2. The summed E-state index contributed by atoms with van der Waals surface area (Å²) in [7, 11) is -2.22. The monoisotopic (exact) mass is 530 g/mol. The van der Waals surface area contributed by atoms with E-state index in [4.69, 9.17) is 9.05 Å². The maximum Gasteiger partial charge on any atom is 0.319 e. The van der Waals surface area contributed by atoms with Crippen LogP contribution in [0.2, 0.25) is 0 Å². The van der Waals surface area contributed by atoms with E-state index >= 15 is 0 Å². The quantitative estimate of drug-likeness (QED) is 0.0640. The van der Waals surface area contributed by atoms with Crippen molar-refractivity contribution in [2.24, 2.45) is 0 Å². The van der Waals surface area contributed by atoms with E-state index in [2.05, 4.69) is 6.92 Å². The lowest BCUT2D eigenvalue weighted by Gasteiger charge is -2.05. The predicted molar refractivity (Wildman–Crippen MR) is 162 cm³/mol. The first-order valence-corrected chi connectivity index (χ1v) is 17.8. The van der Waals surface area contributed by atoms with Gasteiger partial charge in [-0.15, -0.1) is 0 Å². The standard InChI is InChI=1S/C32H67O3P/c1-3-5-6-7-8-9-10-11-12-13-14-15-16-17-18-19-20-21-22-23-24-25-26-27-28-29-30-31-32-35-36(33)34-4-2/h36H,3-32H2,1-2H3. The van der Waals surface area contributed by atoms with E-state index < -0.39 is 8.25 Å². The summed E-state index contributed by atoms with van der Waals surface area (Å²) in [4.78, 5) is 0. The van der Waals surface area contributed by atoms with Gasteiger partial charge in [0.1, 0.15) is 0 Å². The van der Waals surface area contributed by atoms with Crippen molar-refractivity contribution in [1.29, 1.82) is 0 Å². The summed E-state index contributed by atoms with van der Waals surface area (Å²) >= 11 is 0. The first-order chi connectivity index (χ1) is 17.8. The summed E-state index contributed by atoms with van der Waals surface area (Å²) in [6.07, 6.45) is 39.6. The zero-order valence-corrected chi connectivity index (χ0v) is 25.9. The van der Waals surface area contributed by atoms with E-state index in [0.29, 0.717) is 13.2 Å². The highest BCUT2D eigenvalue weighted by molar-refractivity contribution is 7.33. The van der Waals surface area contributed by atoms with Crippen LogP contribution < -0.4 is 0 Å². The molecule has 0 aromatic heterocycles. The van der Waals surface area contributed by atoms with Crippen LogP contribution in [0.15, 0.2) is 0 Å². The Bertz CT molecular complexity index is 416. The highest BCUT2D eigenvalue weighted by atomic mass is 31.1. The van der Waals surface area contributed by atoms with Gasteiger partial charge >= 0.3 is 8.25 Å². The van der Waals surface area contributed by atoms with Gasteiger partial charge in [-0.3, -0.25) is 4.57 Å². The molecule has 0 bridgehead atoms. The molecule has 0 fully saturated rings. The van der Waals surface area contributed by atoms with Crippen molar-refractivity contribution in [3.05, 3.63) is 0 Å². The highest BCUT2D eigenvalue weighted by Crippen LogP contribution is 2.23. The molecule has 0 aliphatic heterocycles. The molecular weight excluding hydrogens is 463 g/mol. The van der Waals surface area contributed by atoms with Crippen molar-refractivity contribution in [1.82, 2.24) is 0 Å². The fourth-order valence-corrected chi connectivity index (χ4v) is 5.72. The lowest BCUT2D eigenvalue weighted by Crippen LogP contribution is -1.89. The van der Waals surface area contributed by atoms with E-state index in [1.54, 1.807) is 0 Å². The molecule has 0 saturated heterocycles. The van der Waals surface area contributed by atoms with Crippen molar-refractivity contribution < 1.29 is 13.6 Å². The maximum atomic E-state index is 11.2. The van der Waals surface area contributed by atoms with Gasteiger partial charge in [-0.1, -0.05) is 180 Å². The largest absolute Gasteiger partial charge is 0.319 e. The molecule has 0 aromatic carbocycles. The van der Waals surface area contributed by atoms with Crippen LogP contribution in [0.1, 0.15) is 194 Å². The molecule has 218 valence electrons. The van der Waals surface area contributed by atoms with Crippen LogP contribution in [-0.4, -0.2) is 13.2 Å². The van der Waals surface area contributed by atoms with Gasteiger partial charge in [0, 0.05) is 0 Å². The number of hydrogen-bond donors (Lipinski definition) is 0. The van der Waals surface area contributed by atoms with Crippen LogP contribution in [0.5, 0.6) is 0 Å². The third-order valence-corrected chi connectivity index (χ3v) is 8.44. The second-order valence-electron chi connectivity index (χ2n) is 11.1. The Morgan fingerprint density at radius 2 is 0.611 bits per heavy atom. The molecule has 0 aliphatic carbocycles. The van der Waals surface area contributed by atoms with E-state index in [-0.39, 0.29) is 0 Å². The summed E-state index contributed by atoms with van der Waals surface area (Å²) in [6, 6.07) is 0. The predicted octanol–water partition coefficient (Wildman–Crippen LogP) is 12.4. The van der Waals surface area contributed by atoms with Crippen molar-refractivity contribution in [2.45, 2.75) is 194 Å². The molecule has 0 amide bonds. The summed E-state index contributed by atoms with van der Waals surface area (Å²) in [5.74, 6) is 0. The molecule has 36 heavy (non-hydrogen) atoms. The Hall–Kier alpha value is 0.150. The molecule has 0 aliphatic rings. The van der Waals surface area contributed by atoms with E-state index in [1.807, 2.05) is 6.92 Å². The third-order valence-electron chi connectivity index (χ3n) is 7.48. The number of unbranched alkanes of at least 4 members (excludes halogenated alkanes) is 27. The molecule has 0 aromatic rings. The summed E-state index contributed by atoms with van der Waals surface area (Å²) in [5.41, 5.74) is 0. The minimum Gasteiger partial charge on any atom is -0.311 e. The highest BCUT2D eigenvalue weighted by Gasteiger charge is 1.99. The van der Waals surface area contributed by atoms with Gasteiger partial charge in [0.15, 0.2) is 0 Å². The number of rotatable bonds is 32. The fourth-order valence-electron chi connectivity index (χ4n) is 5.09. The maximum absolute atomic E-state index is 11.2. The smallest absolute Gasteiger partial charge is 0.311 e. The van der Waals surface area contributed by atoms with E-state index in [9.17, 15) is 4.57 Å². The number of hydrogen-bond acceptors (Lipinski definition) is 3. The van der Waals surface area contributed by atoms with Crippen molar-refractivity contribution in [3.63, 3.8) is 0 Å². The van der Waals surface area contributed by atoms with Gasteiger partial charge in [0.05, 0.1) is 13.2 Å². The third kappa shape index (κ3) is 32.2. The average molecular weight is 531 g/mol. The summed E-state index contributed by atoms with van der Waals surface area (Å²) in [5, 5.41) is 0. The topological polar surface area (TPSA) is 35.5 Å². The molecule has 0 saturated carbocycles. The van der Waals surface area contributed by atoms with Crippen LogP contribution in [0.25, 0.3) is 0 Å². The van der Waals surface area contributed by atoms with Crippen LogP contribution >= 0.6 is 8.25 Å². The first-order valence-electron chi connectivity index (χ1n) is 16.6. The SMILES string of the molecule is CCCCCCCCCCCCCCCCCCCCCCCCCCCCCCO[PH](=O)OCC. The Morgan fingerprint density at radius 1 is 0.361 bits per heavy atom. The average Bonchev–Trinajstić information content (AvgIpc) is 2.88. The summed E-state index contributed by atoms with van der Waals surface area (Å²) < 4.78 is 21.3. The Kier molecular flexibility index (Phi) is 33.3. The lowest BCUT2D eigenvalue weighted by atomic mass is 10.0. The van der Waals surface area contributed by atoms with Gasteiger partial charge in [0.2, 0.25) is 0 Å². The second kappa shape index (κ2) is 33.2. The fraction of sp³-hybridized carbons (Fsp3) is 1.00. The van der Waals surface area contributed by atoms with Crippen molar-refractivity contribution in [2.75, 3.05) is 13.2 Å². The van der Waals surface area contributed by atoms with Crippen LogP contribution in [0.3, 0.4) is 0 Å². The molecule has 4 heteroatoms. The molecule has 0 N–H and O–H groups in total. The van der Waals surface area contributed by atoms with Crippen molar-refractivity contribution >= 4 is 8.25 Å². The van der Waals surface area contributed by atoms with Gasteiger partial charge in [-0.25, -0.2) is 0 Å².